The lowest BCUT2D eigenvalue weighted by atomic mass is 10.2. The molecule has 6 N–H and O–H groups in total. The summed E-state index contributed by atoms with van der Waals surface area (Å²) in [5.74, 6) is 0.456. The smallest absolute Gasteiger partial charge is 0.410 e. The number of nitrogens with zero attached hydrogens (tertiary/aromatic N) is 4. The second-order valence-corrected chi connectivity index (χ2v) is 7.71. The Bertz CT molecular complexity index is 770. The number of rotatable bonds is 2. The number of amides is 1. The third-order valence-electron chi connectivity index (χ3n) is 3.27. The van der Waals surface area contributed by atoms with Gasteiger partial charge in [0.25, 0.3) is 0 Å². The summed E-state index contributed by atoms with van der Waals surface area (Å²) in [5.41, 5.74) is 11.1. The second-order valence-electron chi connectivity index (χ2n) is 6.81. The van der Waals surface area contributed by atoms with Crippen LogP contribution in [0.2, 0.25) is 0 Å². The van der Waals surface area contributed by atoms with E-state index in [0.717, 1.165) is 18.8 Å². The Morgan fingerprint density at radius 1 is 1.18 bits per heavy atom. The molecule has 13 heteroatoms. The number of carbonyl (C=O) groups is 1. The third-order valence-corrected chi connectivity index (χ3v) is 3.27. The molecule has 158 valence electrons. The number of hydrogen-bond acceptors (Lipinski definition) is 7. The molecular weight excluding hydrogens is 392 g/mol. The summed E-state index contributed by atoms with van der Waals surface area (Å²) in [7, 11) is -4.67. The van der Waals surface area contributed by atoms with Crippen molar-refractivity contribution in [1.29, 1.82) is 0 Å². The fraction of sp³-hybridized carbons (Fsp3) is 0.533. The quantitative estimate of drug-likeness (QED) is 0.297. The summed E-state index contributed by atoms with van der Waals surface area (Å²) in [5, 5.41) is 0. The molecule has 0 radical (unpaired) electrons. The van der Waals surface area contributed by atoms with Gasteiger partial charge in [-0.05, 0) is 32.9 Å². The van der Waals surface area contributed by atoms with Crippen molar-refractivity contribution >= 4 is 34.0 Å². The average molecular weight is 418 g/mol. The number of pyridine rings is 1. The largest absolute Gasteiger partial charge is 0.444 e. The van der Waals surface area contributed by atoms with Crippen molar-refractivity contribution < 1.29 is 27.1 Å². The van der Waals surface area contributed by atoms with Crippen LogP contribution in [0.25, 0.3) is 0 Å². The van der Waals surface area contributed by atoms with Crippen molar-refractivity contribution in [3.8, 4) is 0 Å². The van der Waals surface area contributed by atoms with E-state index in [1.54, 1.807) is 17.2 Å². The third kappa shape index (κ3) is 9.89. The Kier molecular flexibility index (Phi) is 7.96. The molecule has 0 aliphatic carbocycles. The molecule has 28 heavy (non-hydrogen) atoms. The highest BCUT2D eigenvalue weighted by atomic mass is 32.3. The molecule has 2 rings (SSSR count). The first-order valence-corrected chi connectivity index (χ1v) is 9.63. The zero-order valence-corrected chi connectivity index (χ0v) is 16.8. The molecule has 1 aliphatic heterocycles. The average Bonchev–Trinajstić information content (AvgIpc) is 2.52. The number of guanidine groups is 1. The Morgan fingerprint density at radius 2 is 1.71 bits per heavy atom. The van der Waals surface area contributed by atoms with Gasteiger partial charge in [-0.2, -0.15) is 13.4 Å². The molecular formula is C15H26N6O6S. The van der Waals surface area contributed by atoms with Gasteiger partial charge in [0.2, 0.25) is 0 Å². The standard InChI is InChI=1S/C15H24N6O2.H2O4S/c1-15(2,3)23-14(22)21-8-6-20(7-9-21)11-4-5-12(18-10-11)19-13(16)17;1-5(2,3)4/h4-5,10H,6-9H2,1-3H3,(H4,16,17,18,19);(H2,1,2,3,4). The van der Waals surface area contributed by atoms with Crippen LogP contribution in [-0.4, -0.2) is 71.2 Å². The highest BCUT2D eigenvalue weighted by Crippen LogP contribution is 2.19. The summed E-state index contributed by atoms with van der Waals surface area (Å²) in [6.07, 6.45) is 1.46. The van der Waals surface area contributed by atoms with Gasteiger partial charge in [0.1, 0.15) is 5.60 Å². The molecule has 12 nitrogen and oxygen atoms in total. The van der Waals surface area contributed by atoms with Crippen molar-refractivity contribution in [1.82, 2.24) is 9.88 Å². The minimum Gasteiger partial charge on any atom is -0.444 e. The van der Waals surface area contributed by atoms with E-state index in [2.05, 4.69) is 14.9 Å². The monoisotopic (exact) mass is 418 g/mol. The molecule has 1 saturated heterocycles. The first-order chi connectivity index (χ1) is 12.7. The van der Waals surface area contributed by atoms with Crippen molar-refractivity contribution in [3.05, 3.63) is 18.3 Å². The number of piperazine rings is 1. The minimum absolute atomic E-state index is 0.0174. The van der Waals surface area contributed by atoms with Gasteiger partial charge < -0.3 is 26.0 Å². The summed E-state index contributed by atoms with van der Waals surface area (Å²) >= 11 is 0. The van der Waals surface area contributed by atoms with Crippen LogP contribution in [-0.2, 0) is 15.1 Å². The van der Waals surface area contributed by atoms with Crippen molar-refractivity contribution in [2.75, 3.05) is 31.1 Å². The van der Waals surface area contributed by atoms with E-state index in [1.165, 1.54) is 0 Å². The van der Waals surface area contributed by atoms with E-state index < -0.39 is 16.0 Å². The number of anilines is 1. The van der Waals surface area contributed by atoms with E-state index in [0.29, 0.717) is 18.9 Å². The maximum absolute atomic E-state index is 12.0. The number of nitrogens with two attached hydrogens (primary N) is 2. The van der Waals surface area contributed by atoms with Gasteiger partial charge in [0.05, 0.1) is 11.9 Å². The van der Waals surface area contributed by atoms with Gasteiger partial charge in [-0.25, -0.2) is 9.78 Å². The molecule has 0 aromatic carbocycles. The second kappa shape index (κ2) is 9.52. The van der Waals surface area contributed by atoms with Gasteiger partial charge >= 0.3 is 16.5 Å². The Hall–Kier alpha value is -2.64. The lowest BCUT2D eigenvalue weighted by Crippen LogP contribution is -2.50. The molecule has 1 aliphatic rings. The van der Waals surface area contributed by atoms with Crippen molar-refractivity contribution in [2.45, 2.75) is 26.4 Å². The molecule has 1 amide bonds. The van der Waals surface area contributed by atoms with E-state index >= 15 is 0 Å². The van der Waals surface area contributed by atoms with Gasteiger partial charge in [-0.3, -0.25) is 9.11 Å². The van der Waals surface area contributed by atoms with Gasteiger partial charge in [-0.15, -0.1) is 0 Å². The zero-order chi connectivity index (χ0) is 21.5. The van der Waals surface area contributed by atoms with Gasteiger partial charge in [0, 0.05) is 26.2 Å². The predicted octanol–water partition coefficient (Wildman–Crippen LogP) is 0.391. The normalized spacial score (nSPS) is 14.6. The number of carbonyl (C=O) groups excluding carboxylic acids is 1. The predicted molar refractivity (Wildman–Crippen MR) is 104 cm³/mol. The maximum atomic E-state index is 12.0. The van der Waals surface area contributed by atoms with E-state index in [-0.39, 0.29) is 12.1 Å². The summed E-state index contributed by atoms with van der Waals surface area (Å²) < 4.78 is 37.0. The summed E-state index contributed by atoms with van der Waals surface area (Å²) in [4.78, 5) is 24.0. The summed E-state index contributed by atoms with van der Waals surface area (Å²) in [6.45, 7) is 8.28. The van der Waals surface area contributed by atoms with Crippen LogP contribution in [0, 0.1) is 0 Å². The lowest BCUT2D eigenvalue weighted by molar-refractivity contribution is 0.0240. The van der Waals surface area contributed by atoms with Crippen LogP contribution in [0.5, 0.6) is 0 Å². The summed E-state index contributed by atoms with van der Waals surface area (Å²) in [6, 6.07) is 3.67. The molecule has 0 saturated carbocycles. The Balaban J connectivity index is 0.000000696. The Labute approximate surface area is 163 Å². The van der Waals surface area contributed by atoms with E-state index in [1.807, 2.05) is 26.8 Å². The molecule has 0 atom stereocenters. The molecule has 1 fully saturated rings. The molecule has 2 heterocycles. The van der Waals surface area contributed by atoms with E-state index in [4.69, 9.17) is 33.7 Å². The maximum Gasteiger partial charge on any atom is 0.410 e. The molecule has 0 unspecified atom stereocenters. The Morgan fingerprint density at radius 3 is 2.11 bits per heavy atom. The zero-order valence-electron chi connectivity index (χ0n) is 15.9. The molecule has 1 aromatic rings. The first-order valence-electron chi connectivity index (χ1n) is 8.23. The molecule has 1 aromatic heterocycles. The van der Waals surface area contributed by atoms with Gasteiger partial charge in [-0.1, -0.05) is 0 Å². The number of ether oxygens (including phenoxy) is 1. The number of aliphatic imine (C=N–C) groups is 1. The highest BCUT2D eigenvalue weighted by molar-refractivity contribution is 7.79. The van der Waals surface area contributed by atoms with Crippen LogP contribution in [0.3, 0.4) is 0 Å². The fourth-order valence-corrected chi connectivity index (χ4v) is 2.24. The topological polar surface area (TPSA) is 185 Å². The van der Waals surface area contributed by atoms with Crippen LogP contribution >= 0.6 is 0 Å². The first kappa shape index (κ1) is 23.4. The lowest BCUT2D eigenvalue weighted by Gasteiger charge is -2.36. The number of aromatic nitrogens is 1. The van der Waals surface area contributed by atoms with Crippen molar-refractivity contribution in [3.63, 3.8) is 0 Å². The molecule has 0 bridgehead atoms. The molecule has 0 spiro atoms. The van der Waals surface area contributed by atoms with E-state index in [9.17, 15) is 4.79 Å². The van der Waals surface area contributed by atoms with Crippen LogP contribution < -0.4 is 16.4 Å². The van der Waals surface area contributed by atoms with Crippen molar-refractivity contribution in [2.24, 2.45) is 16.5 Å². The number of hydrogen-bond donors (Lipinski definition) is 4. The van der Waals surface area contributed by atoms with Crippen LogP contribution in [0.15, 0.2) is 23.3 Å². The van der Waals surface area contributed by atoms with Crippen LogP contribution in [0.4, 0.5) is 16.3 Å². The minimum atomic E-state index is -4.67. The fourth-order valence-electron chi connectivity index (χ4n) is 2.24. The van der Waals surface area contributed by atoms with Gasteiger partial charge in [0.15, 0.2) is 11.8 Å². The van der Waals surface area contributed by atoms with Crippen LogP contribution in [0.1, 0.15) is 20.8 Å². The highest BCUT2D eigenvalue weighted by Gasteiger charge is 2.25. The SMILES string of the molecule is CC(C)(C)OC(=O)N1CCN(c2ccc(N=C(N)N)nc2)CC1.O=S(=O)(O)O.